The predicted octanol–water partition coefficient (Wildman–Crippen LogP) is 4.04. The Morgan fingerprint density at radius 3 is 2.29 bits per heavy atom. The molecule has 2 atom stereocenters. The summed E-state index contributed by atoms with van der Waals surface area (Å²) >= 11 is 0. The van der Waals surface area contributed by atoms with E-state index in [0.717, 1.165) is 6.54 Å². The number of aryl methyl sites for hydroxylation is 2. The lowest BCUT2D eigenvalue weighted by Gasteiger charge is -2.24. The van der Waals surface area contributed by atoms with Gasteiger partial charge in [-0.2, -0.15) is 0 Å². The van der Waals surface area contributed by atoms with Crippen LogP contribution in [0.2, 0.25) is 0 Å². The van der Waals surface area contributed by atoms with Crippen molar-refractivity contribution in [1.82, 2.24) is 5.32 Å². The van der Waals surface area contributed by atoms with E-state index in [2.05, 4.69) is 65.1 Å². The first-order valence-electron chi connectivity index (χ1n) is 6.72. The van der Waals surface area contributed by atoms with Crippen LogP contribution in [-0.4, -0.2) is 12.6 Å². The molecule has 0 radical (unpaired) electrons. The maximum absolute atomic E-state index is 3.53. The molecule has 1 heteroatoms. The van der Waals surface area contributed by atoms with Gasteiger partial charge < -0.3 is 5.32 Å². The van der Waals surface area contributed by atoms with E-state index in [-0.39, 0.29) is 0 Å². The largest absolute Gasteiger partial charge is 0.314 e. The highest BCUT2D eigenvalue weighted by Gasteiger charge is 2.16. The van der Waals surface area contributed by atoms with Crippen molar-refractivity contribution in [3.8, 4) is 0 Å². The Hall–Kier alpha value is -0.820. The van der Waals surface area contributed by atoms with E-state index in [1.807, 2.05) is 0 Å². The Morgan fingerprint density at radius 2 is 1.71 bits per heavy atom. The topological polar surface area (TPSA) is 12.0 Å². The van der Waals surface area contributed by atoms with Crippen LogP contribution in [0.3, 0.4) is 0 Å². The van der Waals surface area contributed by atoms with Crippen LogP contribution in [0.4, 0.5) is 0 Å². The molecule has 0 bridgehead atoms. The lowest BCUT2D eigenvalue weighted by molar-refractivity contribution is 0.425. The minimum absolute atomic E-state index is 0.572. The van der Waals surface area contributed by atoms with Crippen molar-refractivity contribution in [2.45, 2.75) is 53.5 Å². The number of rotatable bonds is 5. The minimum atomic E-state index is 0.572. The Labute approximate surface area is 107 Å². The van der Waals surface area contributed by atoms with Crippen molar-refractivity contribution in [2.24, 2.45) is 5.92 Å². The summed E-state index contributed by atoms with van der Waals surface area (Å²) in [6.07, 6.45) is 0. The fourth-order valence-corrected chi connectivity index (χ4v) is 2.16. The van der Waals surface area contributed by atoms with E-state index in [1.54, 1.807) is 0 Å². The molecule has 1 aromatic rings. The first kappa shape index (κ1) is 14.2. The fraction of sp³-hybridized carbons (Fsp3) is 0.625. The average Bonchev–Trinajstić information content (AvgIpc) is 2.28. The van der Waals surface area contributed by atoms with E-state index in [0.29, 0.717) is 17.9 Å². The van der Waals surface area contributed by atoms with E-state index < -0.39 is 0 Å². The van der Waals surface area contributed by atoms with Gasteiger partial charge in [0.25, 0.3) is 0 Å². The van der Waals surface area contributed by atoms with E-state index in [1.165, 1.54) is 16.7 Å². The van der Waals surface area contributed by atoms with Gasteiger partial charge in [-0.1, -0.05) is 51.5 Å². The van der Waals surface area contributed by atoms with Gasteiger partial charge in [0.1, 0.15) is 0 Å². The monoisotopic (exact) mass is 233 g/mol. The number of hydrogen-bond acceptors (Lipinski definition) is 1. The number of hydrogen-bond donors (Lipinski definition) is 1. The third kappa shape index (κ3) is 4.16. The average molecular weight is 233 g/mol. The normalized spacial score (nSPS) is 15.0. The second kappa shape index (κ2) is 6.20. The first-order valence-corrected chi connectivity index (χ1v) is 6.72. The van der Waals surface area contributed by atoms with Crippen molar-refractivity contribution < 1.29 is 0 Å². The maximum atomic E-state index is 3.53. The molecule has 0 aliphatic heterocycles. The van der Waals surface area contributed by atoms with E-state index in [4.69, 9.17) is 0 Å². The van der Waals surface area contributed by atoms with Gasteiger partial charge >= 0.3 is 0 Å². The van der Waals surface area contributed by atoms with Crippen LogP contribution in [0, 0.1) is 19.8 Å². The molecule has 0 aliphatic carbocycles. The molecule has 1 aromatic carbocycles. The van der Waals surface area contributed by atoms with Crippen molar-refractivity contribution in [3.63, 3.8) is 0 Å². The molecule has 0 fully saturated rings. The van der Waals surface area contributed by atoms with Crippen molar-refractivity contribution >= 4 is 0 Å². The molecule has 0 heterocycles. The van der Waals surface area contributed by atoms with Crippen molar-refractivity contribution in [3.05, 3.63) is 34.9 Å². The Bertz CT molecular complexity index is 355. The van der Waals surface area contributed by atoms with Gasteiger partial charge in [0, 0.05) is 6.04 Å². The second-order valence-corrected chi connectivity index (χ2v) is 5.69. The fourth-order valence-electron chi connectivity index (χ4n) is 2.16. The van der Waals surface area contributed by atoms with Gasteiger partial charge in [0.2, 0.25) is 0 Å². The van der Waals surface area contributed by atoms with Crippen LogP contribution in [0.15, 0.2) is 18.2 Å². The standard InChI is InChI=1S/C16H27N/c1-11(2)17-10-14(5)15(6)16-9-12(3)7-8-13(16)4/h7-9,11,14-15,17H,10H2,1-6H3. The van der Waals surface area contributed by atoms with Crippen LogP contribution in [-0.2, 0) is 0 Å². The molecule has 0 saturated carbocycles. The van der Waals surface area contributed by atoms with E-state index in [9.17, 15) is 0 Å². The van der Waals surface area contributed by atoms with Gasteiger partial charge in [0.15, 0.2) is 0 Å². The summed E-state index contributed by atoms with van der Waals surface area (Å²) in [5.41, 5.74) is 4.28. The smallest absolute Gasteiger partial charge is 0.00104 e. The van der Waals surface area contributed by atoms with Gasteiger partial charge in [-0.3, -0.25) is 0 Å². The third-order valence-electron chi connectivity index (χ3n) is 3.63. The molecule has 1 N–H and O–H groups in total. The predicted molar refractivity (Wildman–Crippen MR) is 76.6 cm³/mol. The van der Waals surface area contributed by atoms with Crippen molar-refractivity contribution in [1.29, 1.82) is 0 Å². The minimum Gasteiger partial charge on any atom is -0.314 e. The number of benzene rings is 1. The summed E-state index contributed by atoms with van der Waals surface area (Å²) in [5.74, 6) is 1.28. The molecule has 1 rings (SSSR count). The second-order valence-electron chi connectivity index (χ2n) is 5.69. The van der Waals surface area contributed by atoms with E-state index >= 15 is 0 Å². The summed E-state index contributed by atoms with van der Waals surface area (Å²) < 4.78 is 0. The van der Waals surface area contributed by atoms with Crippen molar-refractivity contribution in [2.75, 3.05) is 6.54 Å². The molecule has 1 nitrogen and oxygen atoms in total. The maximum Gasteiger partial charge on any atom is 0.00104 e. The molecular formula is C16H27N. The molecule has 2 unspecified atom stereocenters. The molecular weight excluding hydrogens is 206 g/mol. The summed E-state index contributed by atoms with van der Waals surface area (Å²) in [4.78, 5) is 0. The zero-order valence-electron chi connectivity index (χ0n) is 12.2. The summed E-state index contributed by atoms with van der Waals surface area (Å²) in [7, 11) is 0. The lowest BCUT2D eigenvalue weighted by Crippen LogP contribution is -2.30. The third-order valence-corrected chi connectivity index (χ3v) is 3.63. The van der Waals surface area contributed by atoms with Gasteiger partial charge in [-0.25, -0.2) is 0 Å². The Balaban J connectivity index is 2.74. The molecule has 0 amide bonds. The van der Waals surface area contributed by atoms with Crippen LogP contribution in [0.25, 0.3) is 0 Å². The lowest BCUT2D eigenvalue weighted by atomic mass is 9.85. The molecule has 0 aliphatic rings. The number of nitrogens with one attached hydrogen (secondary N) is 1. The first-order chi connectivity index (χ1) is 7.91. The van der Waals surface area contributed by atoms with Crippen LogP contribution in [0.1, 0.15) is 50.3 Å². The summed E-state index contributed by atoms with van der Waals surface area (Å²) in [6.45, 7) is 14.6. The van der Waals surface area contributed by atoms with Crippen LogP contribution < -0.4 is 5.32 Å². The highest BCUT2D eigenvalue weighted by Crippen LogP contribution is 2.27. The van der Waals surface area contributed by atoms with Crippen LogP contribution in [0.5, 0.6) is 0 Å². The quantitative estimate of drug-likeness (QED) is 0.809. The zero-order chi connectivity index (χ0) is 13.0. The highest BCUT2D eigenvalue weighted by atomic mass is 14.9. The van der Waals surface area contributed by atoms with Crippen LogP contribution >= 0.6 is 0 Å². The molecule has 0 aromatic heterocycles. The van der Waals surface area contributed by atoms with Gasteiger partial charge in [0.05, 0.1) is 0 Å². The molecule has 96 valence electrons. The Kier molecular flexibility index (Phi) is 5.20. The summed E-state index contributed by atoms with van der Waals surface area (Å²) in [6, 6.07) is 7.35. The Morgan fingerprint density at radius 1 is 1.06 bits per heavy atom. The molecule has 0 spiro atoms. The summed E-state index contributed by atoms with van der Waals surface area (Å²) in [5, 5.41) is 3.53. The SMILES string of the molecule is Cc1ccc(C)c(C(C)C(C)CNC(C)C)c1. The van der Waals surface area contributed by atoms with Gasteiger partial charge in [-0.05, 0) is 43.4 Å². The molecule has 17 heavy (non-hydrogen) atoms. The molecule has 0 saturated heterocycles. The highest BCUT2D eigenvalue weighted by molar-refractivity contribution is 5.33. The van der Waals surface area contributed by atoms with Gasteiger partial charge in [-0.15, -0.1) is 0 Å². The zero-order valence-corrected chi connectivity index (χ0v) is 12.2.